The maximum absolute atomic E-state index is 12.9. The molecular formula is C22H23N3O7. The van der Waals surface area contributed by atoms with Crippen LogP contribution in [-0.2, 0) is 9.59 Å². The van der Waals surface area contributed by atoms with Gasteiger partial charge in [-0.15, -0.1) is 0 Å². The number of phenols is 1. The van der Waals surface area contributed by atoms with Crippen LogP contribution < -0.4 is 4.74 Å². The lowest BCUT2D eigenvalue weighted by molar-refractivity contribution is -0.384. The third kappa shape index (κ3) is 4.26. The highest BCUT2D eigenvalue weighted by Gasteiger charge is 2.46. The molecule has 10 nitrogen and oxygen atoms in total. The first-order valence-corrected chi connectivity index (χ1v) is 9.70. The van der Waals surface area contributed by atoms with E-state index in [1.165, 1.54) is 54.5 Å². The summed E-state index contributed by atoms with van der Waals surface area (Å²) < 4.78 is 5.04. The van der Waals surface area contributed by atoms with Crippen LogP contribution in [0.5, 0.6) is 11.5 Å². The van der Waals surface area contributed by atoms with Crippen molar-refractivity contribution >= 4 is 23.1 Å². The molecule has 1 atom stereocenters. The molecule has 168 valence electrons. The lowest BCUT2D eigenvalue weighted by atomic mass is 9.95. The third-order valence-electron chi connectivity index (χ3n) is 5.21. The highest BCUT2D eigenvalue weighted by molar-refractivity contribution is 6.46. The summed E-state index contributed by atoms with van der Waals surface area (Å²) in [5.74, 6) is -2.23. The fraction of sp³-hybridized carbons (Fsp3) is 0.273. The van der Waals surface area contributed by atoms with E-state index in [-0.39, 0.29) is 29.1 Å². The molecule has 32 heavy (non-hydrogen) atoms. The van der Waals surface area contributed by atoms with Crippen molar-refractivity contribution in [2.45, 2.75) is 6.04 Å². The van der Waals surface area contributed by atoms with E-state index < -0.39 is 28.4 Å². The van der Waals surface area contributed by atoms with Crippen molar-refractivity contribution in [3.63, 3.8) is 0 Å². The maximum Gasteiger partial charge on any atom is 0.295 e. The summed E-state index contributed by atoms with van der Waals surface area (Å²) in [4.78, 5) is 39.4. The SMILES string of the molecule is COc1ccc(C(O)=C2C(=O)C(=O)N(CCN(C)C)C2c2ccc([N+](=O)[O-])cc2)c(O)c1. The van der Waals surface area contributed by atoms with E-state index >= 15 is 0 Å². The molecule has 1 unspecified atom stereocenters. The molecule has 0 bridgehead atoms. The number of amides is 1. The number of nitro groups is 1. The van der Waals surface area contributed by atoms with E-state index in [1.54, 1.807) is 0 Å². The second-order valence-corrected chi connectivity index (χ2v) is 7.53. The summed E-state index contributed by atoms with van der Waals surface area (Å²) in [5.41, 5.74) is 0.0290. The fourth-order valence-electron chi connectivity index (χ4n) is 3.53. The number of carbonyl (C=O) groups excluding carboxylic acids is 2. The number of aliphatic hydroxyl groups excluding tert-OH is 1. The number of methoxy groups -OCH3 is 1. The van der Waals surface area contributed by atoms with Crippen molar-refractivity contribution in [2.75, 3.05) is 34.3 Å². The molecule has 1 heterocycles. The molecule has 1 fully saturated rings. The van der Waals surface area contributed by atoms with Gasteiger partial charge >= 0.3 is 0 Å². The Morgan fingerprint density at radius 3 is 2.38 bits per heavy atom. The van der Waals surface area contributed by atoms with Gasteiger partial charge in [-0.3, -0.25) is 19.7 Å². The second kappa shape index (κ2) is 9.06. The predicted molar refractivity (Wildman–Crippen MR) is 115 cm³/mol. The van der Waals surface area contributed by atoms with E-state index in [0.717, 1.165) is 0 Å². The molecule has 2 aromatic rings. The molecule has 0 aliphatic carbocycles. The fourth-order valence-corrected chi connectivity index (χ4v) is 3.53. The van der Waals surface area contributed by atoms with E-state index in [4.69, 9.17) is 4.74 Å². The number of hydrogen-bond donors (Lipinski definition) is 2. The number of Topliss-reactive ketones (excluding diaryl/α,β-unsaturated/α-hetero) is 1. The Morgan fingerprint density at radius 2 is 1.84 bits per heavy atom. The van der Waals surface area contributed by atoms with Crippen LogP contribution in [0.3, 0.4) is 0 Å². The van der Waals surface area contributed by atoms with Crippen molar-refractivity contribution in [1.82, 2.24) is 9.80 Å². The summed E-state index contributed by atoms with van der Waals surface area (Å²) >= 11 is 0. The van der Waals surface area contributed by atoms with Crippen LogP contribution in [-0.4, -0.2) is 70.9 Å². The highest BCUT2D eigenvalue weighted by Crippen LogP contribution is 2.41. The number of likely N-dealkylation sites (tertiary alicyclic amines) is 1. The smallest absolute Gasteiger partial charge is 0.295 e. The molecule has 0 radical (unpaired) electrons. The van der Waals surface area contributed by atoms with Crippen molar-refractivity contribution < 1.29 is 29.5 Å². The molecule has 10 heteroatoms. The first-order chi connectivity index (χ1) is 15.1. The Kier molecular flexibility index (Phi) is 6.45. The van der Waals surface area contributed by atoms with Gasteiger partial charge in [0, 0.05) is 31.3 Å². The van der Waals surface area contributed by atoms with Crippen LogP contribution in [0.4, 0.5) is 5.69 Å². The van der Waals surface area contributed by atoms with Gasteiger partial charge in [-0.25, -0.2) is 0 Å². The molecule has 1 aliphatic rings. The Labute approximate surface area is 184 Å². The average Bonchev–Trinajstić information content (AvgIpc) is 3.01. The van der Waals surface area contributed by atoms with Crippen molar-refractivity contribution in [2.24, 2.45) is 0 Å². The third-order valence-corrected chi connectivity index (χ3v) is 5.21. The molecule has 1 aliphatic heterocycles. The van der Waals surface area contributed by atoms with Crippen LogP contribution >= 0.6 is 0 Å². The van der Waals surface area contributed by atoms with Crippen LogP contribution in [0, 0.1) is 10.1 Å². The summed E-state index contributed by atoms with van der Waals surface area (Å²) in [6.07, 6.45) is 0. The van der Waals surface area contributed by atoms with Crippen molar-refractivity contribution in [3.05, 3.63) is 69.3 Å². The summed E-state index contributed by atoms with van der Waals surface area (Å²) in [6, 6.07) is 8.60. The van der Waals surface area contributed by atoms with Gasteiger partial charge in [0.2, 0.25) is 0 Å². The first-order valence-electron chi connectivity index (χ1n) is 9.70. The number of aromatic hydroxyl groups is 1. The van der Waals surface area contributed by atoms with E-state index in [0.29, 0.717) is 17.9 Å². The Morgan fingerprint density at radius 1 is 1.19 bits per heavy atom. The summed E-state index contributed by atoms with van der Waals surface area (Å²) in [6.45, 7) is 0.634. The van der Waals surface area contributed by atoms with Crippen LogP contribution in [0.15, 0.2) is 48.0 Å². The number of carbonyl (C=O) groups is 2. The predicted octanol–water partition coefficient (Wildman–Crippen LogP) is 2.29. The van der Waals surface area contributed by atoms with E-state index in [2.05, 4.69) is 0 Å². The van der Waals surface area contributed by atoms with Crippen LogP contribution in [0.1, 0.15) is 17.2 Å². The number of nitrogens with zero attached hydrogens (tertiary/aromatic N) is 3. The zero-order chi connectivity index (χ0) is 23.6. The van der Waals surface area contributed by atoms with Gasteiger partial charge in [-0.2, -0.15) is 0 Å². The molecule has 0 saturated carbocycles. The largest absolute Gasteiger partial charge is 0.507 e. The number of ether oxygens (including phenoxy) is 1. The van der Waals surface area contributed by atoms with E-state index in [1.807, 2.05) is 19.0 Å². The van der Waals surface area contributed by atoms with Gasteiger partial charge in [0.25, 0.3) is 17.4 Å². The highest BCUT2D eigenvalue weighted by atomic mass is 16.6. The molecular weight excluding hydrogens is 418 g/mol. The van der Waals surface area contributed by atoms with Gasteiger partial charge < -0.3 is 24.7 Å². The lowest BCUT2D eigenvalue weighted by Crippen LogP contribution is -2.35. The van der Waals surface area contributed by atoms with Gasteiger partial charge in [-0.1, -0.05) is 0 Å². The average molecular weight is 441 g/mol. The van der Waals surface area contributed by atoms with Gasteiger partial charge in [0.1, 0.15) is 17.3 Å². The molecule has 3 rings (SSSR count). The number of aliphatic hydroxyl groups is 1. The minimum atomic E-state index is -0.975. The lowest BCUT2D eigenvalue weighted by Gasteiger charge is -2.26. The second-order valence-electron chi connectivity index (χ2n) is 7.53. The minimum Gasteiger partial charge on any atom is -0.507 e. The number of phenolic OH excluding ortho intramolecular Hbond substituents is 1. The number of likely N-dealkylation sites (N-methyl/N-ethyl adjacent to an activating group) is 1. The Bertz CT molecular complexity index is 1090. The van der Waals surface area contributed by atoms with Crippen LogP contribution in [0.2, 0.25) is 0 Å². The zero-order valence-corrected chi connectivity index (χ0v) is 17.8. The molecule has 2 N–H and O–H groups in total. The zero-order valence-electron chi connectivity index (χ0n) is 17.8. The number of ketones is 1. The summed E-state index contributed by atoms with van der Waals surface area (Å²) in [5, 5.41) is 32.3. The first kappa shape index (κ1) is 22.8. The number of rotatable bonds is 7. The standard InChI is InChI=1S/C22H23N3O7/c1-23(2)10-11-24-19(13-4-6-14(7-5-13)25(30)31)18(21(28)22(24)29)20(27)16-9-8-15(32-3)12-17(16)26/h4-9,12,19,26-27H,10-11H2,1-3H3. The van der Waals surface area contributed by atoms with Crippen LogP contribution in [0.25, 0.3) is 5.76 Å². The van der Waals surface area contributed by atoms with Crippen molar-refractivity contribution in [3.8, 4) is 11.5 Å². The minimum absolute atomic E-state index is 0.0386. The normalized spacial score (nSPS) is 17.8. The summed E-state index contributed by atoms with van der Waals surface area (Å²) in [7, 11) is 5.04. The Balaban J connectivity index is 2.16. The molecule has 0 spiro atoms. The Hall–Kier alpha value is -3.92. The topological polar surface area (TPSA) is 133 Å². The quantitative estimate of drug-likeness (QED) is 0.220. The van der Waals surface area contributed by atoms with E-state index in [9.17, 15) is 29.9 Å². The number of non-ortho nitro benzene ring substituents is 1. The molecule has 1 amide bonds. The monoisotopic (exact) mass is 441 g/mol. The molecule has 0 aromatic heterocycles. The number of nitro benzene ring substituents is 1. The molecule has 1 saturated heterocycles. The van der Waals surface area contributed by atoms with Gasteiger partial charge in [0.15, 0.2) is 0 Å². The van der Waals surface area contributed by atoms with Gasteiger partial charge in [-0.05, 0) is 43.9 Å². The van der Waals surface area contributed by atoms with Crippen molar-refractivity contribution in [1.29, 1.82) is 0 Å². The number of hydrogen-bond acceptors (Lipinski definition) is 8. The molecule has 2 aromatic carbocycles. The number of benzene rings is 2. The maximum atomic E-state index is 12.9. The van der Waals surface area contributed by atoms with Gasteiger partial charge in [0.05, 0.1) is 29.2 Å².